The summed E-state index contributed by atoms with van der Waals surface area (Å²) in [5.41, 5.74) is 0.618. The van der Waals surface area contributed by atoms with Crippen molar-refractivity contribution in [2.75, 3.05) is 19.5 Å². The van der Waals surface area contributed by atoms with Gasteiger partial charge in [-0.05, 0) is 52.3 Å². The molecule has 4 aromatic rings. The summed E-state index contributed by atoms with van der Waals surface area (Å²) >= 11 is 3.27. The summed E-state index contributed by atoms with van der Waals surface area (Å²) in [5.74, 6) is -2.38. The Morgan fingerprint density at radius 1 is 1.00 bits per heavy atom. The van der Waals surface area contributed by atoms with E-state index < -0.39 is 17.4 Å². The second kappa shape index (κ2) is 8.42. The highest BCUT2D eigenvalue weighted by atomic mass is 79.9. The van der Waals surface area contributed by atoms with Crippen molar-refractivity contribution in [1.29, 1.82) is 0 Å². The van der Waals surface area contributed by atoms with E-state index in [9.17, 15) is 0 Å². The molecule has 0 bridgehead atoms. The van der Waals surface area contributed by atoms with Crippen molar-refractivity contribution in [3.8, 4) is 11.5 Å². The highest BCUT2D eigenvalue weighted by molar-refractivity contribution is 9.10. The Bertz CT molecular complexity index is 1220. The number of fused-ring (bicyclic) bond motifs is 1. The summed E-state index contributed by atoms with van der Waals surface area (Å²) in [6.07, 6.45) is 1.48. The van der Waals surface area contributed by atoms with Gasteiger partial charge in [-0.2, -0.15) is 8.78 Å². The Labute approximate surface area is 184 Å². The van der Waals surface area contributed by atoms with Crippen LogP contribution in [0.1, 0.15) is 17.1 Å². The zero-order chi connectivity index (χ0) is 22.0. The van der Waals surface area contributed by atoms with Crippen LogP contribution in [0.5, 0.6) is 11.5 Å². The topological polar surface area (TPSA) is 86.5 Å². The molecule has 3 aromatic heterocycles. The zero-order valence-electron chi connectivity index (χ0n) is 16.5. The largest absolute Gasteiger partial charge is 0.497 e. The minimum absolute atomic E-state index is 0.303. The summed E-state index contributed by atoms with van der Waals surface area (Å²) < 4.78 is 42.5. The molecule has 0 saturated carbocycles. The smallest absolute Gasteiger partial charge is 0.350 e. The Hall–Kier alpha value is -3.34. The second-order valence-corrected chi connectivity index (χ2v) is 7.42. The van der Waals surface area contributed by atoms with Crippen molar-refractivity contribution in [1.82, 2.24) is 24.8 Å². The third-order valence-corrected chi connectivity index (χ3v) is 5.06. The number of hydrogen-bond donors (Lipinski definition) is 1. The molecule has 160 valence electrons. The van der Waals surface area contributed by atoms with Crippen LogP contribution in [0.3, 0.4) is 0 Å². The minimum Gasteiger partial charge on any atom is -0.497 e. The summed E-state index contributed by atoms with van der Waals surface area (Å²) in [7, 11) is 3.13. The number of aromatic nitrogens is 5. The fraction of sp³-hybridized carbons (Fsp3) is 0.200. The number of nitrogens with one attached hydrogen (secondary N) is 1. The molecule has 0 radical (unpaired) electrons. The van der Waals surface area contributed by atoms with Crippen LogP contribution in [0, 0.1) is 0 Å². The average molecular weight is 491 g/mol. The van der Waals surface area contributed by atoms with Crippen LogP contribution in [0.15, 0.2) is 53.1 Å². The number of hydrogen-bond acceptors (Lipinski definition) is 7. The molecular formula is C20H17BrF2N6O2. The lowest BCUT2D eigenvalue weighted by Crippen LogP contribution is -2.21. The molecule has 8 nitrogen and oxygen atoms in total. The number of halogens is 3. The quantitative estimate of drug-likeness (QED) is 0.418. The summed E-state index contributed by atoms with van der Waals surface area (Å²) in [5, 5.41) is 18.1. The molecule has 4 rings (SSSR count). The third kappa shape index (κ3) is 4.13. The van der Waals surface area contributed by atoms with Crippen molar-refractivity contribution in [2.45, 2.75) is 12.5 Å². The number of nitrogens with zero attached hydrogens (tertiary/aromatic N) is 5. The zero-order valence-corrected chi connectivity index (χ0v) is 18.1. The van der Waals surface area contributed by atoms with Gasteiger partial charge in [0, 0.05) is 28.8 Å². The molecule has 0 amide bonds. The van der Waals surface area contributed by atoms with Crippen LogP contribution in [0.2, 0.25) is 0 Å². The molecule has 0 saturated heterocycles. The molecule has 0 unspecified atom stereocenters. The highest BCUT2D eigenvalue weighted by Crippen LogP contribution is 2.34. The molecule has 0 atom stereocenters. The SMILES string of the molecule is COc1ccc(CNc2ccc(C(F)(F)c3nnc4ccc(Br)cn34)nn2)c(OC)c1. The summed E-state index contributed by atoms with van der Waals surface area (Å²) in [4.78, 5) is 0. The summed E-state index contributed by atoms with van der Waals surface area (Å²) in [6.45, 7) is 0.362. The van der Waals surface area contributed by atoms with Gasteiger partial charge in [0.15, 0.2) is 5.65 Å². The van der Waals surface area contributed by atoms with Crippen LogP contribution in [0.4, 0.5) is 14.6 Å². The van der Waals surface area contributed by atoms with E-state index in [1.807, 2.05) is 6.07 Å². The fourth-order valence-corrected chi connectivity index (χ4v) is 3.31. The van der Waals surface area contributed by atoms with Gasteiger partial charge in [0.05, 0.1) is 14.2 Å². The molecular weight excluding hydrogens is 474 g/mol. The fourth-order valence-electron chi connectivity index (χ4n) is 2.97. The number of ether oxygens (including phenoxy) is 2. The number of methoxy groups -OCH3 is 2. The molecule has 31 heavy (non-hydrogen) atoms. The lowest BCUT2D eigenvalue weighted by molar-refractivity contribution is 0.0261. The molecule has 0 aliphatic carbocycles. The first-order valence-corrected chi connectivity index (χ1v) is 9.89. The van der Waals surface area contributed by atoms with E-state index in [0.717, 1.165) is 5.56 Å². The average Bonchev–Trinajstić information content (AvgIpc) is 3.21. The first kappa shape index (κ1) is 20.9. The Balaban J connectivity index is 1.53. The number of alkyl halides is 2. The van der Waals surface area contributed by atoms with Gasteiger partial charge < -0.3 is 14.8 Å². The molecule has 1 aromatic carbocycles. The van der Waals surface area contributed by atoms with Gasteiger partial charge in [-0.25, -0.2) is 0 Å². The standard InChI is InChI=1S/C20H17BrF2N6O2/c1-30-14-5-3-12(15(9-14)31-2)10-24-17-7-6-16(25-26-17)20(22,23)19-28-27-18-8-4-13(21)11-29(18)19/h3-9,11H,10H2,1-2H3,(H,24,26). The van der Waals surface area contributed by atoms with Crippen molar-refractivity contribution in [3.05, 3.63) is 70.2 Å². The van der Waals surface area contributed by atoms with Gasteiger partial charge in [-0.1, -0.05) is 0 Å². The number of anilines is 1. The van der Waals surface area contributed by atoms with Crippen LogP contribution < -0.4 is 14.8 Å². The predicted octanol–water partition coefficient (Wildman–Crippen LogP) is 4.05. The van der Waals surface area contributed by atoms with Crippen molar-refractivity contribution in [2.24, 2.45) is 0 Å². The lowest BCUT2D eigenvalue weighted by Gasteiger charge is -2.14. The molecule has 1 N–H and O–H groups in total. The highest BCUT2D eigenvalue weighted by Gasteiger charge is 2.41. The van der Waals surface area contributed by atoms with E-state index in [4.69, 9.17) is 9.47 Å². The normalized spacial score (nSPS) is 11.5. The van der Waals surface area contributed by atoms with Crippen molar-refractivity contribution < 1.29 is 18.3 Å². The van der Waals surface area contributed by atoms with E-state index >= 15 is 8.78 Å². The first-order valence-electron chi connectivity index (χ1n) is 9.10. The predicted molar refractivity (Wildman–Crippen MR) is 113 cm³/mol. The minimum atomic E-state index is -3.48. The van der Waals surface area contributed by atoms with Crippen molar-refractivity contribution in [3.63, 3.8) is 0 Å². The van der Waals surface area contributed by atoms with Crippen LogP contribution >= 0.6 is 15.9 Å². The number of rotatable bonds is 7. The molecule has 0 spiro atoms. The molecule has 0 aliphatic heterocycles. The molecule has 3 heterocycles. The molecule has 0 aliphatic rings. The van der Waals surface area contributed by atoms with Gasteiger partial charge in [0.1, 0.15) is 23.0 Å². The van der Waals surface area contributed by atoms with E-state index in [2.05, 4.69) is 41.6 Å². The monoisotopic (exact) mass is 490 g/mol. The van der Waals surface area contributed by atoms with Crippen LogP contribution in [-0.4, -0.2) is 39.0 Å². The lowest BCUT2D eigenvalue weighted by atomic mass is 10.2. The Morgan fingerprint density at radius 3 is 2.55 bits per heavy atom. The number of pyridine rings is 1. The van der Waals surface area contributed by atoms with Gasteiger partial charge in [0.25, 0.3) is 0 Å². The third-order valence-electron chi connectivity index (χ3n) is 4.59. The van der Waals surface area contributed by atoms with Crippen LogP contribution in [0.25, 0.3) is 5.65 Å². The Kier molecular flexibility index (Phi) is 5.68. The van der Waals surface area contributed by atoms with Gasteiger partial charge in [0.2, 0.25) is 5.82 Å². The summed E-state index contributed by atoms with van der Waals surface area (Å²) in [6, 6.07) is 11.3. The van der Waals surface area contributed by atoms with Crippen molar-refractivity contribution >= 4 is 27.4 Å². The van der Waals surface area contributed by atoms with E-state index in [1.165, 1.54) is 22.7 Å². The molecule has 0 fully saturated rings. The maximum atomic E-state index is 15.0. The van der Waals surface area contributed by atoms with E-state index in [1.54, 1.807) is 38.5 Å². The van der Waals surface area contributed by atoms with E-state index in [-0.39, 0.29) is 0 Å². The van der Waals surface area contributed by atoms with Gasteiger partial charge in [-0.3, -0.25) is 4.40 Å². The first-order chi connectivity index (χ1) is 14.9. The number of benzene rings is 1. The molecule has 11 heteroatoms. The maximum absolute atomic E-state index is 15.0. The van der Waals surface area contributed by atoms with Crippen LogP contribution in [-0.2, 0) is 12.5 Å². The Morgan fingerprint density at radius 2 is 1.84 bits per heavy atom. The van der Waals surface area contributed by atoms with Gasteiger partial charge >= 0.3 is 5.92 Å². The second-order valence-electron chi connectivity index (χ2n) is 6.51. The van der Waals surface area contributed by atoms with Gasteiger partial charge in [-0.15, -0.1) is 20.4 Å². The van der Waals surface area contributed by atoms with E-state index in [0.29, 0.717) is 34.0 Å². The maximum Gasteiger partial charge on any atom is 0.350 e.